The van der Waals surface area contributed by atoms with Crippen LogP contribution in [0.25, 0.3) is 6.08 Å². The largest absolute Gasteiger partial charge is 0.411 e. The number of benzene rings is 1. The van der Waals surface area contributed by atoms with Gasteiger partial charge in [-0.1, -0.05) is 62.8 Å². The van der Waals surface area contributed by atoms with Gasteiger partial charge in [0.1, 0.15) is 0 Å². The normalized spacial score (nSPS) is 13.8. The Morgan fingerprint density at radius 3 is 2.36 bits per heavy atom. The van der Waals surface area contributed by atoms with E-state index in [-0.39, 0.29) is 16.9 Å². The van der Waals surface area contributed by atoms with Crippen molar-refractivity contribution in [2.75, 3.05) is 0 Å². The summed E-state index contributed by atoms with van der Waals surface area (Å²) >= 11 is 0. The number of hydrogen-bond donors (Lipinski definition) is 0. The molecule has 0 aromatic heterocycles. The Hall–Kier alpha value is -1.45. The van der Waals surface area contributed by atoms with E-state index in [4.69, 9.17) is 4.43 Å². The van der Waals surface area contributed by atoms with Crippen LogP contribution in [0.4, 0.5) is 0 Å². The molecule has 0 saturated carbocycles. The lowest BCUT2D eigenvalue weighted by Gasteiger charge is -2.37. The van der Waals surface area contributed by atoms with E-state index in [1.807, 2.05) is 32.0 Å². The molecule has 0 aliphatic heterocycles. The van der Waals surface area contributed by atoms with Gasteiger partial charge in [0.2, 0.25) is 0 Å². The van der Waals surface area contributed by atoms with Crippen molar-refractivity contribution in [3.05, 3.63) is 53.1 Å². The fourth-order valence-corrected chi connectivity index (χ4v) is 3.70. The first-order valence-corrected chi connectivity index (χ1v) is 11.9. The molecule has 0 amide bonds. The zero-order chi connectivity index (χ0) is 19.3. The Balaban J connectivity index is 2.88. The molecule has 0 N–H and O–H groups in total. The molecule has 1 atom stereocenters. The first-order valence-electron chi connectivity index (χ1n) is 9.04. The topological polar surface area (TPSA) is 26.3 Å². The molecule has 1 rings (SSSR count). The van der Waals surface area contributed by atoms with Gasteiger partial charge in [-0.05, 0) is 56.1 Å². The van der Waals surface area contributed by atoms with Crippen LogP contribution >= 0.6 is 0 Å². The highest BCUT2D eigenvalue weighted by Crippen LogP contribution is 2.37. The van der Waals surface area contributed by atoms with Gasteiger partial charge in [-0.25, -0.2) is 0 Å². The Morgan fingerprint density at radius 1 is 1.20 bits per heavy atom. The minimum absolute atomic E-state index is 0.0578. The van der Waals surface area contributed by atoms with Crippen LogP contribution < -0.4 is 0 Å². The van der Waals surface area contributed by atoms with Crippen molar-refractivity contribution in [2.24, 2.45) is 0 Å². The molecule has 1 aromatic carbocycles. The highest BCUT2D eigenvalue weighted by Gasteiger charge is 2.37. The molecule has 0 aliphatic rings. The molecule has 25 heavy (non-hydrogen) atoms. The van der Waals surface area contributed by atoms with Crippen LogP contribution in [0.15, 0.2) is 42.0 Å². The number of ketones is 1. The first-order chi connectivity index (χ1) is 11.4. The van der Waals surface area contributed by atoms with Crippen molar-refractivity contribution >= 4 is 20.2 Å². The smallest absolute Gasteiger partial charge is 0.192 e. The molecule has 0 fully saturated rings. The van der Waals surface area contributed by atoms with Crippen LogP contribution in [0.3, 0.4) is 0 Å². The van der Waals surface area contributed by atoms with E-state index in [2.05, 4.69) is 59.0 Å². The molecule has 0 heterocycles. The molecule has 138 valence electrons. The Kier molecular flexibility index (Phi) is 7.57. The summed E-state index contributed by atoms with van der Waals surface area (Å²) in [6.07, 6.45) is 6.39. The van der Waals surface area contributed by atoms with Crippen LogP contribution in [0, 0.1) is 0 Å². The standard InChI is InChI=1S/C22H34O2Si/c1-17(2)15-21(23)16-20-12-10-9-11-19(20)14-13-18(3)24-25(7,8)22(4,5)6/h9-15,18H,16H2,1-8H3/b14-13+. The van der Waals surface area contributed by atoms with Gasteiger partial charge in [-0.2, -0.15) is 0 Å². The van der Waals surface area contributed by atoms with E-state index < -0.39 is 8.32 Å². The molecule has 0 radical (unpaired) electrons. The quantitative estimate of drug-likeness (QED) is 0.429. The minimum atomic E-state index is -1.78. The van der Waals surface area contributed by atoms with Crippen LogP contribution in [0.5, 0.6) is 0 Å². The molecule has 1 unspecified atom stereocenters. The van der Waals surface area contributed by atoms with Gasteiger partial charge in [0.25, 0.3) is 0 Å². The zero-order valence-corrected chi connectivity index (χ0v) is 18.1. The SMILES string of the molecule is CC(C)=CC(=O)Cc1ccccc1/C=C/C(C)O[Si](C)(C)C(C)(C)C. The minimum Gasteiger partial charge on any atom is -0.411 e. The highest BCUT2D eigenvalue weighted by atomic mass is 28.4. The van der Waals surface area contributed by atoms with Crippen LogP contribution in [0.2, 0.25) is 18.1 Å². The lowest BCUT2D eigenvalue weighted by molar-refractivity contribution is -0.114. The number of carbonyl (C=O) groups excluding carboxylic acids is 1. The number of carbonyl (C=O) groups is 1. The maximum atomic E-state index is 12.1. The second-order valence-electron chi connectivity index (χ2n) is 8.51. The summed E-state index contributed by atoms with van der Waals surface area (Å²) < 4.78 is 6.37. The predicted octanol–water partition coefficient (Wildman–Crippen LogP) is 6.19. The first kappa shape index (κ1) is 21.6. The van der Waals surface area contributed by atoms with E-state index in [0.717, 1.165) is 16.7 Å². The average molecular weight is 359 g/mol. The number of allylic oxidation sites excluding steroid dienone is 2. The summed E-state index contributed by atoms with van der Waals surface area (Å²) in [5.41, 5.74) is 3.18. The molecule has 0 bridgehead atoms. The summed E-state index contributed by atoms with van der Waals surface area (Å²) in [5.74, 6) is 0.145. The summed E-state index contributed by atoms with van der Waals surface area (Å²) in [6.45, 7) is 17.3. The Labute approximate surface area is 155 Å². The average Bonchev–Trinajstić information content (AvgIpc) is 2.43. The van der Waals surface area contributed by atoms with Crippen LogP contribution in [0.1, 0.15) is 52.7 Å². The van der Waals surface area contributed by atoms with E-state index in [0.29, 0.717) is 6.42 Å². The summed E-state index contributed by atoms with van der Waals surface area (Å²) in [5, 5.41) is 0.198. The van der Waals surface area contributed by atoms with E-state index >= 15 is 0 Å². The molecular formula is C22H34O2Si. The second-order valence-corrected chi connectivity index (χ2v) is 13.3. The fourth-order valence-electron chi connectivity index (χ4n) is 2.34. The molecule has 0 aliphatic carbocycles. The Morgan fingerprint density at radius 2 is 1.80 bits per heavy atom. The van der Waals surface area contributed by atoms with Crippen molar-refractivity contribution < 1.29 is 9.22 Å². The molecule has 2 nitrogen and oxygen atoms in total. The van der Waals surface area contributed by atoms with Gasteiger partial charge in [0, 0.05) is 6.42 Å². The lowest BCUT2D eigenvalue weighted by atomic mass is 10.0. The van der Waals surface area contributed by atoms with Crippen LogP contribution in [-0.4, -0.2) is 20.2 Å². The molecule has 3 heteroatoms. The summed E-state index contributed by atoms with van der Waals surface area (Å²) in [6, 6.07) is 8.07. The van der Waals surface area contributed by atoms with Gasteiger partial charge >= 0.3 is 0 Å². The third kappa shape index (κ3) is 7.13. The second kappa shape index (κ2) is 8.77. The Bertz CT molecular complexity index is 644. The van der Waals surface area contributed by atoms with Crippen molar-refractivity contribution in [2.45, 2.75) is 72.2 Å². The third-order valence-electron chi connectivity index (χ3n) is 4.70. The van der Waals surface area contributed by atoms with Crippen molar-refractivity contribution in [3.63, 3.8) is 0 Å². The highest BCUT2D eigenvalue weighted by molar-refractivity contribution is 6.74. The molecule has 0 spiro atoms. The molecule has 1 aromatic rings. The molecule has 0 saturated heterocycles. The molecular weight excluding hydrogens is 324 g/mol. The maximum absolute atomic E-state index is 12.1. The van der Waals surface area contributed by atoms with Crippen molar-refractivity contribution in [1.29, 1.82) is 0 Å². The predicted molar refractivity (Wildman–Crippen MR) is 111 cm³/mol. The monoisotopic (exact) mass is 358 g/mol. The van der Waals surface area contributed by atoms with Crippen LogP contribution in [-0.2, 0) is 15.6 Å². The van der Waals surface area contributed by atoms with Gasteiger partial charge < -0.3 is 4.43 Å². The van der Waals surface area contributed by atoms with Gasteiger partial charge in [0.05, 0.1) is 6.10 Å². The van der Waals surface area contributed by atoms with E-state index in [1.54, 1.807) is 6.08 Å². The van der Waals surface area contributed by atoms with Gasteiger partial charge in [-0.3, -0.25) is 4.79 Å². The van der Waals surface area contributed by atoms with Crippen molar-refractivity contribution in [1.82, 2.24) is 0 Å². The van der Waals surface area contributed by atoms with Crippen molar-refractivity contribution in [3.8, 4) is 0 Å². The fraction of sp³-hybridized carbons (Fsp3) is 0.500. The van der Waals surface area contributed by atoms with E-state index in [1.165, 1.54) is 0 Å². The van der Waals surface area contributed by atoms with E-state index in [9.17, 15) is 4.79 Å². The zero-order valence-electron chi connectivity index (χ0n) is 17.1. The number of hydrogen-bond acceptors (Lipinski definition) is 2. The summed E-state index contributed by atoms with van der Waals surface area (Å²) in [4.78, 5) is 12.1. The summed E-state index contributed by atoms with van der Waals surface area (Å²) in [7, 11) is -1.78. The van der Waals surface area contributed by atoms with Gasteiger partial charge in [-0.15, -0.1) is 0 Å². The lowest BCUT2D eigenvalue weighted by Crippen LogP contribution is -2.42. The maximum Gasteiger partial charge on any atom is 0.192 e. The number of rotatable bonds is 7. The van der Waals surface area contributed by atoms with Gasteiger partial charge in [0.15, 0.2) is 14.1 Å². The third-order valence-corrected chi connectivity index (χ3v) is 9.28.